The molecule has 4 aliphatic rings. The third kappa shape index (κ3) is 3.68. The number of fused-ring (bicyclic) bond motifs is 2. The Morgan fingerprint density at radius 1 is 1.17 bits per heavy atom. The van der Waals surface area contributed by atoms with Crippen LogP contribution in [0.25, 0.3) is 0 Å². The monoisotopic (exact) mass is 417 g/mol. The van der Waals surface area contributed by atoms with Crippen LogP contribution in [0.2, 0.25) is 0 Å². The number of nitrogens with zero attached hydrogens (tertiary/aromatic N) is 4. The third-order valence-electron chi connectivity index (χ3n) is 7.92. The summed E-state index contributed by atoms with van der Waals surface area (Å²) in [7, 11) is 1.78. The fourth-order valence-corrected chi connectivity index (χ4v) is 6.47. The predicted octanol–water partition coefficient (Wildman–Crippen LogP) is 1.96. The van der Waals surface area contributed by atoms with E-state index < -0.39 is 5.82 Å². The number of nitrogens with two attached hydrogens (primary N) is 1. The molecule has 1 amide bonds. The number of rotatable bonds is 6. The Balaban J connectivity index is 1.26. The molecule has 30 heavy (non-hydrogen) atoms. The number of methoxy groups -OCH3 is 1. The molecule has 1 aromatic heterocycles. The van der Waals surface area contributed by atoms with Gasteiger partial charge in [-0.3, -0.25) is 9.69 Å². The summed E-state index contributed by atoms with van der Waals surface area (Å²) in [5.41, 5.74) is 5.82. The lowest BCUT2D eigenvalue weighted by atomic mass is 9.74. The second kappa shape index (κ2) is 8.04. The molecular formula is C22H32FN5O2. The minimum absolute atomic E-state index is 0.0563. The first kappa shape index (κ1) is 20.1. The lowest BCUT2D eigenvalue weighted by Gasteiger charge is -2.48. The largest absolute Gasteiger partial charge is 0.379 e. The highest BCUT2D eigenvalue weighted by molar-refractivity contribution is 5.80. The fraction of sp³-hybridized carbons (Fsp3) is 0.773. The van der Waals surface area contributed by atoms with Gasteiger partial charge in [0, 0.05) is 32.3 Å². The number of primary amides is 1. The first-order valence-electron chi connectivity index (χ1n) is 11.4. The SMILES string of the molecule is CO[C@@H]1CN(c2ncc(F)cn2)CCC1C1C[C@@H]2CC[C@@H](C1)N2[C@@H](C(N)=O)C1CC1. The smallest absolute Gasteiger partial charge is 0.235 e. The fourth-order valence-electron chi connectivity index (χ4n) is 6.47. The lowest BCUT2D eigenvalue weighted by molar-refractivity contribution is -0.127. The quantitative estimate of drug-likeness (QED) is 0.762. The van der Waals surface area contributed by atoms with Crippen LogP contribution in [0.15, 0.2) is 12.4 Å². The van der Waals surface area contributed by atoms with Crippen molar-refractivity contribution in [3.63, 3.8) is 0 Å². The van der Waals surface area contributed by atoms with Crippen molar-refractivity contribution in [1.82, 2.24) is 14.9 Å². The molecule has 7 nitrogen and oxygen atoms in total. The van der Waals surface area contributed by atoms with E-state index in [-0.39, 0.29) is 18.1 Å². The lowest BCUT2D eigenvalue weighted by Crippen LogP contribution is -2.57. The number of aromatic nitrogens is 2. The van der Waals surface area contributed by atoms with Crippen LogP contribution in [-0.2, 0) is 9.53 Å². The highest BCUT2D eigenvalue weighted by Crippen LogP contribution is 2.48. The molecule has 0 radical (unpaired) electrons. The summed E-state index contributed by atoms with van der Waals surface area (Å²) in [4.78, 5) is 25.1. The van der Waals surface area contributed by atoms with Crippen LogP contribution in [0.1, 0.15) is 44.9 Å². The van der Waals surface area contributed by atoms with Crippen LogP contribution in [0.5, 0.6) is 0 Å². The number of hydrogen-bond acceptors (Lipinski definition) is 6. The van der Waals surface area contributed by atoms with Gasteiger partial charge in [0.2, 0.25) is 11.9 Å². The van der Waals surface area contributed by atoms with E-state index in [0.29, 0.717) is 35.8 Å². The molecule has 1 aromatic rings. The second-order valence-corrected chi connectivity index (χ2v) is 9.62. The number of hydrogen-bond donors (Lipinski definition) is 1. The normalized spacial score (nSPS) is 35.4. The summed E-state index contributed by atoms with van der Waals surface area (Å²) in [6, 6.07) is 0.893. The van der Waals surface area contributed by atoms with Crippen LogP contribution in [0, 0.1) is 23.6 Å². The molecule has 1 unspecified atom stereocenters. The van der Waals surface area contributed by atoms with Gasteiger partial charge in [-0.15, -0.1) is 0 Å². The summed E-state index contributed by atoms with van der Waals surface area (Å²) in [6.45, 7) is 1.59. The summed E-state index contributed by atoms with van der Waals surface area (Å²) in [5, 5.41) is 0. The van der Waals surface area contributed by atoms with Crippen molar-refractivity contribution in [2.75, 3.05) is 25.1 Å². The zero-order valence-electron chi connectivity index (χ0n) is 17.6. The number of carbonyl (C=O) groups is 1. The molecule has 2 N–H and O–H groups in total. The molecule has 3 saturated heterocycles. The van der Waals surface area contributed by atoms with Crippen molar-refractivity contribution >= 4 is 11.9 Å². The van der Waals surface area contributed by atoms with Crippen molar-refractivity contribution in [3.8, 4) is 0 Å². The van der Waals surface area contributed by atoms with E-state index >= 15 is 0 Å². The maximum Gasteiger partial charge on any atom is 0.235 e. The molecule has 4 fully saturated rings. The highest BCUT2D eigenvalue weighted by Gasteiger charge is 2.51. The van der Waals surface area contributed by atoms with Gasteiger partial charge in [0.25, 0.3) is 0 Å². The van der Waals surface area contributed by atoms with Gasteiger partial charge in [-0.1, -0.05) is 0 Å². The molecule has 0 spiro atoms. The van der Waals surface area contributed by atoms with Gasteiger partial charge in [-0.05, 0) is 62.7 Å². The topological polar surface area (TPSA) is 84.6 Å². The Labute approximate surface area is 177 Å². The molecule has 8 heteroatoms. The van der Waals surface area contributed by atoms with E-state index in [4.69, 9.17) is 10.5 Å². The van der Waals surface area contributed by atoms with Crippen molar-refractivity contribution in [1.29, 1.82) is 0 Å². The average Bonchev–Trinajstić information content (AvgIpc) is 3.54. The van der Waals surface area contributed by atoms with Crippen molar-refractivity contribution in [2.45, 2.75) is 69.2 Å². The number of amides is 1. The minimum atomic E-state index is -0.417. The van der Waals surface area contributed by atoms with E-state index in [1.165, 1.54) is 25.2 Å². The number of anilines is 1. The zero-order valence-corrected chi connectivity index (χ0v) is 17.6. The predicted molar refractivity (Wildman–Crippen MR) is 110 cm³/mol. The van der Waals surface area contributed by atoms with Crippen LogP contribution < -0.4 is 10.6 Å². The Kier molecular flexibility index (Phi) is 5.39. The van der Waals surface area contributed by atoms with Gasteiger partial charge in [-0.25, -0.2) is 14.4 Å². The van der Waals surface area contributed by atoms with Crippen molar-refractivity contribution in [3.05, 3.63) is 18.2 Å². The van der Waals surface area contributed by atoms with Crippen LogP contribution in [-0.4, -0.2) is 65.2 Å². The van der Waals surface area contributed by atoms with E-state index in [9.17, 15) is 9.18 Å². The van der Waals surface area contributed by atoms with Gasteiger partial charge < -0.3 is 15.4 Å². The molecular weight excluding hydrogens is 385 g/mol. The number of ether oxygens (including phenoxy) is 1. The summed E-state index contributed by atoms with van der Waals surface area (Å²) in [6.07, 6.45) is 10.5. The average molecular weight is 418 g/mol. The van der Waals surface area contributed by atoms with Crippen molar-refractivity contribution in [2.24, 2.45) is 23.5 Å². The van der Waals surface area contributed by atoms with E-state index in [1.807, 2.05) is 0 Å². The molecule has 5 atom stereocenters. The maximum atomic E-state index is 13.2. The van der Waals surface area contributed by atoms with Gasteiger partial charge in [0.1, 0.15) is 0 Å². The first-order chi connectivity index (χ1) is 14.5. The summed E-state index contributed by atoms with van der Waals surface area (Å²) >= 11 is 0. The first-order valence-corrected chi connectivity index (χ1v) is 11.4. The summed E-state index contributed by atoms with van der Waals surface area (Å²) in [5.74, 6) is 1.60. The number of piperidine rings is 2. The van der Waals surface area contributed by atoms with E-state index in [2.05, 4.69) is 19.8 Å². The Morgan fingerprint density at radius 3 is 2.40 bits per heavy atom. The number of carbonyl (C=O) groups excluding carboxylic acids is 1. The minimum Gasteiger partial charge on any atom is -0.379 e. The van der Waals surface area contributed by atoms with Crippen LogP contribution in [0.3, 0.4) is 0 Å². The Bertz CT molecular complexity index is 759. The van der Waals surface area contributed by atoms with Crippen LogP contribution >= 0.6 is 0 Å². The second-order valence-electron chi connectivity index (χ2n) is 9.62. The molecule has 2 bridgehead atoms. The van der Waals surface area contributed by atoms with E-state index in [1.54, 1.807) is 7.11 Å². The summed E-state index contributed by atoms with van der Waals surface area (Å²) < 4.78 is 19.1. The van der Waals surface area contributed by atoms with Gasteiger partial charge in [0.05, 0.1) is 24.5 Å². The molecule has 4 heterocycles. The third-order valence-corrected chi connectivity index (χ3v) is 7.92. The van der Waals surface area contributed by atoms with Gasteiger partial charge >= 0.3 is 0 Å². The highest BCUT2D eigenvalue weighted by atomic mass is 19.1. The number of halogens is 1. The maximum absolute atomic E-state index is 13.2. The Hall–Kier alpha value is -1.80. The van der Waals surface area contributed by atoms with E-state index in [0.717, 1.165) is 45.2 Å². The molecule has 164 valence electrons. The zero-order chi connectivity index (χ0) is 20.8. The molecule has 1 aliphatic carbocycles. The standard InChI is InChI=1S/C22H32FN5O2/c1-30-19-12-27(22-25-10-15(23)11-26-22)7-6-18(19)14-8-16-4-5-17(9-14)28(16)20(21(24)29)13-2-3-13/h10-11,13-14,16-20H,2-9,12H2,1H3,(H2,24,29)/t16-,17-,18?,19+,20+/m0/s1. The molecule has 5 rings (SSSR count). The van der Waals surface area contributed by atoms with Crippen LogP contribution in [0.4, 0.5) is 10.3 Å². The van der Waals surface area contributed by atoms with Crippen molar-refractivity contribution < 1.29 is 13.9 Å². The Morgan fingerprint density at radius 2 is 1.83 bits per heavy atom. The van der Waals surface area contributed by atoms with Gasteiger partial charge in [-0.2, -0.15) is 0 Å². The molecule has 1 saturated carbocycles. The van der Waals surface area contributed by atoms with Gasteiger partial charge in [0.15, 0.2) is 5.82 Å². The molecule has 3 aliphatic heterocycles. The molecule has 0 aromatic carbocycles.